The maximum atomic E-state index is 12.1. The second-order valence-electron chi connectivity index (χ2n) is 6.39. The van der Waals surface area contributed by atoms with E-state index < -0.39 is 9.84 Å². The number of carbonyl (C=O) groups is 1. The van der Waals surface area contributed by atoms with Crippen molar-refractivity contribution in [2.45, 2.75) is 18.9 Å². The van der Waals surface area contributed by atoms with Crippen molar-refractivity contribution >= 4 is 21.3 Å². The summed E-state index contributed by atoms with van der Waals surface area (Å²) in [5, 5.41) is 2.87. The minimum absolute atomic E-state index is 0.0429. The maximum absolute atomic E-state index is 12.1. The Morgan fingerprint density at radius 1 is 1.26 bits per heavy atom. The third-order valence-corrected chi connectivity index (χ3v) is 6.31. The summed E-state index contributed by atoms with van der Waals surface area (Å²) in [4.78, 5) is 13.3. The zero-order chi connectivity index (χ0) is 16.3. The molecule has 0 bridgehead atoms. The summed E-state index contributed by atoms with van der Waals surface area (Å²) in [5.74, 6) is 0.239. The quantitative estimate of drug-likeness (QED) is 0.791. The van der Waals surface area contributed by atoms with Crippen LogP contribution in [0, 0.1) is 0 Å². The zero-order valence-corrected chi connectivity index (χ0v) is 13.9. The van der Waals surface area contributed by atoms with Gasteiger partial charge < -0.3 is 10.2 Å². The minimum atomic E-state index is -2.94. The first-order chi connectivity index (χ1) is 11.0. The van der Waals surface area contributed by atoms with E-state index in [0.29, 0.717) is 13.0 Å². The molecule has 0 aliphatic carbocycles. The highest BCUT2D eigenvalue weighted by molar-refractivity contribution is 7.91. The van der Waals surface area contributed by atoms with E-state index >= 15 is 0 Å². The molecule has 0 radical (unpaired) electrons. The van der Waals surface area contributed by atoms with Crippen LogP contribution in [0.25, 0.3) is 5.57 Å². The summed E-state index contributed by atoms with van der Waals surface area (Å²) in [7, 11) is -2.94. The lowest BCUT2D eigenvalue weighted by atomic mass is 10.00. The van der Waals surface area contributed by atoms with Crippen molar-refractivity contribution in [1.29, 1.82) is 0 Å². The Bertz CT molecular complexity index is 698. The van der Waals surface area contributed by atoms with E-state index in [1.165, 1.54) is 16.0 Å². The molecule has 2 N–H and O–H groups in total. The number of sulfone groups is 1. The lowest BCUT2D eigenvalue weighted by molar-refractivity contribution is -0.886. The molecule has 0 aromatic heterocycles. The van der Waals surface area contributed by atoms with Crippen molar-refractivity contribution in [2.75, 3.05) is 31.1 Å². The lowest BCUT2D eigenvalue weighted by Gasteiger charge is -2.24. The highest BCUT2D eigenvalue weighted by atomic mass is 32.2. The molecule has 2 atom stereocenters. The average molecular weight is 335 g/mol. The Balaban J connectivity index is 1.49. The van der Waals surface area contributed by atoms with Crippen LogP contribution in [0.3, 0.4) is 0 Å². The molecular formula is C17H23N2O3S+. The summed E-state index contributed by atoms with van der Waals surface area (Å²) < 4.78 is 22.8. The Hall–Kier alpha value is -1.66. The van der Waals surface area contributed by atoms with Gasteiger partial charge in [-0.2, -0.15) is 0 Å². The van der Waals surface area contributed by atoms with Crippen molar-refractivity contribution in [3.05, 3.63) is 42.0 Å². The van der Waals surface area contributed by atoms with Gasteiger partial charge in [0, 0.05) is 12.5 Å². The summed E-state index contributed by atoms with van der Waals surface area (Å²) in [6.07, 6.45) is 3.72. The normalized spacial score (nSPS) is 26.5. The van der Waals surface area contributed by atoms with Crippen LogP contribution >= 0.6 is 0 Å². The molecule has 1 saturated heterocycles. The summed E-state index contributed by atoms with van der Waals surface area (Å²) in [6.45, 7) is 2.17. The molecule has 0 spiro atoms. The minimum Gasteiger partial charge on any atom is -0.347 e. The highest BCUT2D eigenvalue weighted by Crippen LogP contribution is 2.17. The standard InChI is InChI=1S/C17H22N2O3S/c20-17(18-16-8-11-23(21,22)13-16)12-19-9-6-15(7-10-19)14-4-2-1-3-5-14/h1-6,16H,7-13H2,(H,18,20)/p+1/t16-/m1/s1. The molecule has 2 aliphatic rings. The number of nitrogens with one attached hydrogen (secondary N) is 2. The topological polar surface area (TPSA) is 67.7 Å². The Morgan fingerprint density at radius 2 is 2.04 bits per heavy atom. The molecule has 1 aromatic rings. The molecule has 124 valence electrons. The predicted molar refractivity (Wildman–Crippen MR) is 89.8 cm³/mol. The number of rotatable bonds is 4. The summed E-state index contributed by atoms with van der Waals surface area (Å²) >= 11 is 0. The molecule has 1 amide bonds. The molecule has 6 heteroatoms. The van der Waals surface area contributed by atoms with Gasteiger partial charge in [-0.1, -0.05) is 30.3 Å². The summed E-state index contributed by atoms with van der Waals surface area (Å²) in [5.41, 5.74) is 2.60. The highest BCUT2D eigenvalue weighted by Gasteiger charge is 2.29. The van der Waals surface area contributed by atoms with Gasteiger partial charge in [0.05, 0.1) is 24.6 Å². The molecule has 23 heavy (non-hydrogen) atoms. The van der Waals surface area contributed by atoms with Crippen molar-refractivity contribution in [1.82, 2.24) is 5.32 Å². The smallest absolute Gasteiger partial charge is 0.275 e. The van der Waals surface area contributed by atoms with E-state index in [4.69, 9.17) is 0 Å². The number of benzene rings is 1. The third-order valence-electron chi connectivity index (χ3n) is 4.54. The Kier molecular flexibility index (Phi) is 4.82. The largest absolute Gasteiger partial charge is 0.347 e. The van der Waals surface area contributed by atoms with Gasteiger partial charge in [-0.25, -0.2) is 8.42 Å². The van der Waals surface area contributed by atoms with Crippen LogP contribution in [-0.2, 0) is 14.6 Å². The zero-order valence-electron chi connectivity index (χ0n) is 13.1. The van der Waals surface area contributed by atoms with E-state index in [-0.39, 0.29) is 23.5 Å². The lowest BCUT2D eigenvalue weighted by Crippen LogP contribution is -3.13. The molecule has 3 rings (SSSR count). The van der Waals surface area contributed by atoms with Gasteiger partial charge >= 0.3 is 0 Å². The van der Waals surface area contributed by atoms with Gasteiger partial charge in [-0.15, -0.1) is 0 Å². The van der Waals surface area contributed by atoms with Crippen LogP contribution in [0.1, 0.15) is 18.4 Å². The van der Waals surface area contributed by atoms with Crippen molar-refractivity contribution in [3.8, 4) is 0 Å². The number of amides is 1. The van der Waals surface area contributed by atoms with E-state index in [0.717, 1.165) is 19.5 Å². The molecule has 0 saturated carbocycles. The van der Waals surface area contributed by atoms with Crippen molar-refractivity contribution < 1.29 is 18.1 Å². The second-order valence-corrected chi connectivity index (χ2v) is 8.62. The third kappa shape index (κ3) is 4.42. The Labute approximate surface area is 137 Å². The van der Waals surface area contributed by atoms with Crippen molar-refractivity contribution in [2.24, 2.45) is 0 Å². The number of quaternary nitrogens is 1. The van der Waals surface area contributed by atoms with E-state index in [1.54, 1.807) is 0 Å². The fourth-order valence-electron chi connectivity index (χ4n) is 3.27. The monoisotopic (exact) mass is 335 g/mol. The fraction of sp³-hybridized carbons (Fsp3) is 0.471. The van der Waals surface area contributed by atoms with Crippen LogP contribution in [-0.4, -0.2) is 51.5 Å². The first-order valence-corrected chi connectivity index (χ1v) is 9.92. The number of hydrogen-bond acceptors (Lipinski definition) is 3. The van der Waals surface area contributed by atoms with Gasteiger partial charge in [-0.3, -0.25) is 4.79 Å². The van der Waals surface area contributed by atoms with E-state index in [9.17, 15) is 13.2 Å². The average Bonchev–Trinajstić information content (AvgIpc) is 2.87. The maximum Gasteiger partial charge on any atom is 0.275 e. The van der Waals surface area contributed by atoms with E-state index in [2.05, 4.69) is 23.5 Å². The van der Waals surface area contributed by atoms with Gasteiger partial charge in [0.25, 0.3) is 5.91 Å². The molecule has 1 unspecified atom stereocenters. The molecular weight excluding hydrogens is 312 g/mol. The first-order valence-electron chi connectivity index (χ1n) is 8.10. The van der Waals surface area contributed by atoms with Gasteiger partial charge in [0.15, 0.2) is 16.4 Å². The molecule has 1 fully saturated rings. The SMILES string of the molecule is O=C(C[NH+]1CC=C(c2ccccc2)CC1)N[C@@H]1CCS(=O)(=O)C1. The van der Waals surface area contributed by atoms with Crippen LogP contribution in [0.15, 0.2) is 36.4 Å². The Morgan fingerprint density at radius 3 is 2.65 bits per heavy atom. The predicted octanol–water partition coefficient (Wildman–Crippen LogP) is -0.338. The second kappa shape index (κ2) is 6.84. The molecule has 2 heterocycles. The molecule has 5 nitrogen and oxygen atoms in total. The fourth-order valence-corrected chi connectivity index (χ4v) is 4.95. The van der Waals surface area contributed by atoms with Crippen LogP contribution in [0.5, 0.6) is 0 Å². The van der Waals surface area contributed by atoms with Gasteiger partial charge in [0.2, 0.25) is 0 Å². The van der Waals surface area contributed by atoms with Gasteiger partial charge in [-0.05, 0) is 23.6 Å². The van der Waals surface area contributed by atoms with E-state index in [1.807, 2.05) is 18.2 Å². The summed E-state index contributed by atoms with van der Waals surface area (Å²) in [6, 6.07) is 10.1. The van der Waals surface area contributed by atoms with Crippen LogP contribution in [0.4, 0.5) is 0 Å². The number of hydrogen-bond donors (Lipinski definition) is 2. The molecule has 2 aliphatic heterocycles. The van der Waals surface area contributed by atoms with Crippen molar-refractivity contribution in [3.63, 3.8) is 0 Å². The van der Waals surface area contributed by atoms with Crippen LogP contribution in [0.2, 0.25) is 0 Å². The first kappa shape index (κ1) is 16.2. The van der Waals surface area contributed by atoms with Gasteiger partial charge in [0.1, 0.15) is 0 Å². The number of carbonyl (C=O) groups excluding carboxylic acids is 1. The molecule has 1 aromatic carbocycles. The van der Waals surface area contributed by atoms with Crippen LogP contribution < -0.4 is 10.2 Å².